The van der Waals surface area contributed by atoms with Crippen LogP contribution in [0.3, 0.4) is 0 Å². The molecule has 0 atom stereocenters. The molecule has 0 bridgehead atoms. The third-order valence-electron chi connectivity index (χ3n) is 2.93. The first kappa shape index (κ1) is 12.7. The Morgan fingerprint density at radius 3 is 1.93 bits per heavy atom. The predicted octanol–water partition coefficient (Wildman–Crippen LogP) is 4.55. The van der Waals surface area contributed by atoms with E-state index < -0.39 is 16.1 Å². The van der Waals surface area contributed by atoms with Crippen LogP contribution < -0.4 is 0 Å². The van der Waals surface area contributed by atoms with E-state index in [1.807, 2.05) is 0 Å². The van der Waals surface area contributed by atoms with Crippen LogP contribution in [0.5, 0.6) is 0 Å². The van der Waals surface area contributed by atoms with Gasteiger partial charge in [-0.15, -0.1) is 0 Å². The van der Waals surface area contributed by atoms with E-state index in [1.165, 1.54) is 6.42 Å². The molecule has 0 N–H and O–H groups in total. The zero-order chi connectivity index (χ0) is 11.7. The van der Waals surface area contributed by atoms with Crippen LogP contribution in [0.4, 0.5) is 0 Å². The summed E-state index contributed by atoms with van der Waals surface area (Å²) in [6.07, 6.45) is 10.7. The van der Waals surface area contributed by atoms with Crippen molar-refractivity contribution in [3.05, 3.63) is 34.7 Å². The van der Waals surface area contributed by atoms with Crippen LogP contribution in [-0.2, 0) is 0 Å². The summed E-state index contributed by atoms with van der Waals surface area (Å²) >= 11 is 0. The average molecular weight is 237 g/mol. The third-order valence-corrected chi connectivity index (χ3v) is 7.29. The van der Waals surface area contributed by atoms with Crippen LogP contribution in [0, 0.1) is 0 Å². The van der Waals surface area contributed by atoms with Gasteiger partial charge >= 0.3 is 0 Å². The Balaban J connectivity index is 3.01. The summed E-state index contributed by atoms with van der Waals surface area (Å²) in [6, 6.07) is 0. The van der Waals surface area contributed by atoms with E-state index in [-0.39, 0.29) is 0 Å². The largest absolute Gasteiger partial charge is 0.0810 e. The maximum Gasteiger partial charge on any atom is 0.0775 e. The van der Waals surface area contributed by atoms with Gasteiger partial charge in [0.15, 0.2) is 0 Å². The second-order valence-corrected chi connectivity index (χ2v) is 16.6. The van der Waals surface area contributed by atoms with Gasteiger partial charge in [0.25, 0.3) is 0 Å². The highest BCUT2D eigenvalue weighted by atomic mass is 28.3. The number of rotatable bonds is 2. The second kappa shape index (κ2) is 4.26. The van der Waals surface area contributed by atoms with Crippen molar-refractivity contribution in [2.75, 3.05) is 0 Å². The van der Waals surface area contributed by atoms with Crippen molar-refractivity contribution >= 4 is 16.1 Å². The van der Waals surface area contributed by atoms with Crippen LogP contribution in [0.1, 0.15) is 6.42 Å². The minimum Gasteiger partial charge on any atom is -0.0810 e. The van der Waals surface area contributed by atoms with Crippen molar-refractivity contribution in [2.45, 2.75) is 45.7 Å². The van der Waals surface area contributed by atoms with E-state index in [2.05, 4.69) is 63.6 Å². The van der Waals surface area contributed by atoms with Crippen molar-refractivity contribution in [3.63, 3.8) is 0 Å². The molecule has 0 amide bonds. The van der Waals surface area contributed by atoms with Crippen molar-refractivity contribution in [1.29, 1.82) is 0 Å². The van der Waals surface area contributed by atoms with Crippen LogP contribution in [0.15, 0.2) is 34.7 Å². The highest BCUT2D eigenvalue weighted by molar-refractivity contribution is 6.84. The summed E-state index contributed by atoms with van der Waals surface area (Å²) in [5.41, 5.74) is 0. The van der Waals surface area contributed by atoms with Gasteiger partial charge in [-0.25, -0.2) is 0 Å². The molecular formula is C13H24Si2. The fourth-order valence-electron chi connectivity index (χ4n) is 1.68. The minimum absolute atomic E-state index is 1.10. The zero-order valence-electron chi connectivity index (χ0n) is 11.0. The van der Waals surface area contributed by atoms with Gasteiger partial charge in [-0.2, -0.15) is 0 Å². The number of hydrogen-bond acceptors (Lipinski definition) is 0. The van der Waals surface area contributed by atoms with Crippen molar-refractivity contribution < 1.29 is 0 Å². The lowest BCUT2D eigenvalue weighted by molar-refractivity contribution is 1.31. The summed E-state index contributed by atoms with van der Waals surface area (Å²) in [5, 5.41) is 3.25. The van der Waals surface area contributed by atoms with Gasteiger partial charge in [0, 0.05) is 0 Å². The molecule has 0 heterocycles. The normalized spacial score (nSPS) is 18.3. The van der Waals surface area contributed by atoms with E-state index in [4.69, 9.17) is 0 Å². The third kappa shape index (κ3) is 3.61. The van der Waals surface area contributed by atoms with Gasteiger partial charge in [0.05, 0.1) is 16.1 Å². The van der Waals surface area contributed by atoms with Gasteiger partial charge < -0.3 is 0 Å². The molecule has 0 aromatic rings. The molecule has 84 valence electrons. The summed E-state index contributed by atoms with van der Waals surface area (Å²) in [7, 11) is -2.23. The molecule has 0 radical (unpaired) electrons. The van der Waals surface area contributed by atoms with Crippen LogP contribution in [-0.4, -0.2) is 16.1 Å². The first-order chi connectivity index (χ1) is 6.71. The van der Waals surface area contributed by atoms with Gasteiger partial charge in [0.2, 0.25) is 0 Å². The molecule has 0 saturated carbocycles. The second-order valence-electron chi connectivity index (χ2n) is 6.42. The molecule has 0 fully saturated rings. The first-order valence-corrected chi connectivity index (χ1v) is 12.8. The van der Waals surface area contributed by atoms with E-state index in [0.29, 0.717) is 0 Å². The molecule has 0 unspecified atom stereocenters. The van der Waals surface area contributed by atoms with Crippen molar-refractivity contribution in [3.8, 4) is 0 Å². The lowest BCUT2D eigenvalue weighted by Gasteiger charge is -2.19. The van der Waals surface area contributed by atoms with E-state index in [0.717, 1.165) is 0 Å². The Morgan fingerprint density at radius 1 is 0.867 bits per heavy atom. The molecule has 0 aliphatic heterocycles. The molecule has 15 heavy (non-hydrogen) atoms. The maximum atomic E-state index is 2.43. The Hall–Kier alpha value is -0.346. The fourth-order valence-corrected chi connectivity index (χ4v) is 4.20. The number of hydrogen-bond donors (Lipinski definition) is 0. The highest BCUT2D eigenvalue weighted by Gasteiger charge is 2.21. The number of allylic oxidation sites excluding steroid dienone is 6. The van der Waals surface area contributed by atoms with Crippen LogP contribution in [0.2, 0.25) is 39.3 Å². The highest BCUT2D eigenvalue weighted by Crippen LogP contribution is 2.24. The minimum atomic E-state index is -1.13. The molecule has 1 aliphatic carbocycles. The molecule has 0 saturated heterocycles. The van der Waals surface area contributed by atoms with Crippen LogP contribution in [0.25, 0.3) is 0 Å². The van der Waals surface area contributed by atoms with Crippen molar-refractivity contribution in [1.82, 2.24) is 0 Å². The zero-order valence-corrected chi connectivity index (χ0v) is 13.0. The molecule has 1 aliphatic rings. The lowest BCUT2D eigenvalue weighted by atomic mass is 10.4. The Morgan fingerprint density at radius 2 is 1.47 bits per heavy atom. The standard InChI is InChI=1S/C13H24Si2/c1-14(2,3)12-8-7-9-13(11-10-12)15(4,5)6/h7-8,10-11H,9H2,1-6H3. The van der Waals surface area contributed by atoms with Gasteiger partial charge in [-0.05, 0) is 6.42 Å². The van der Waals surface area contributed by atoms with E-state index in [1.54, 1.807) is 10.4 Å². The van der Waals surface area contributed by atoms with Gasteiger partial charge in [0.1, 0.15) is 0 Å². The topological polar surface area (TPSA) is 0 Å². The maximum absolute atomic E-state index is 2.43. The Labute approximate surface area is 96.8 Å². The fraction of sp³-hybridized carbons (Fsp3) is 0.538. The summed E-state index contributed by atoms with van der Waals surface area (Å²) in [5.74, 6) is 0. The van der Waals surface area contributed by atoms with E-state index >= 15 is 0 Å². The quantitative estimate of drug-likeness (QED) is 0.617. The van der Waals surface area contributed by atoms with E-state index in [9.17, 15) is 0 Å². The predicted molar refractivity (Wildman–Crippen MR) is 76.6 cm³/mol. The Bertz CT molecular complexity index is 319. The average Bonchev–Trinajstić information content (AvgIpc) is 2.24. The smallest absolute Gasteiger partial charge is 0.0775 e. The monoisotopic (exact) mass is 236 g/mol. The molecule has 0 spiro atoms. The van der Waals surface area contributed by atoms with Crippen LogP contribution >= 0.6 is 0 Å². The first-order valence-electron chi connectivity index (χ1n) is 5.79. The molecular weight excluding hydrogens is 212 g/mol. The summed E-state index contributed by atoms with van der Waals surface area (Å²) in [6.45, 7) is 14.5. The lowest BCUT2D eigenvalue weighted by Crippen LogP contribution is -2.23. The molecule has 0 aromatic heterocycles. The molecule has 1 rings (SSSR count). The Kier molecular flexibility index (Phi) is 3.61. The molecule has 0 nitrogen and oxygen atoms in total. The van der Waals surface area contributed by atoms with Crippen molar-refractivity contribution in [2.24, 2.45) is 0 Å². The SMILES string of the molecule is C[Si](C)(C)C1=CC=C([Si](C)(C)C)CC=C1. The van der Waals surface area contributed by atoms with Gasteiger partial charge in [-0.3, -0.25) is 0 Å². The summed E-state index contributed by atoms with van der Waals surface area (Å²) in [4.78, 5) is 0. The molecule has 2 heteroatoms. The summed E-state index contributed by atoms with van der Waals surface area (Å²) < 4.78 is 0. The molecule has 0 aromatic carbocycles. The van der Waals surface area contributed by atoms with Gasteiger partial charge in [-0.1, -0.05) is 74.0 Å².